The van der Waals surface area contributed by atoms with Crippen molar-refractivity contribution in [2.24, 2.45) is 0 Å². The summed E-state index contributed by atoms with van der Waals surface area (Å²) in [5, 5.41) is 0. The minimum atomic E-state index is -0.386. The van der Waals surface area contributed by atoms with Crippen molar-refractivity contribution in [3.63, 3.8) is 0 Å². The molecule has 0 saturated carbocycles. The number of likely N-dealkylation sites (tertiary alicyclic amines) is 1. The number of ether oxygens (including phenoxy) is 1. The summed E-state index contributed by atoms with van der Waals surface area (Å²) in [7, 11) is 0. The molecule has 1 saturated heterocycles. The van der Waals surface area contributed by atoms with E-state index >= 15 is 0 Å². The van der Waals surface area contributed by atoms with E-state index in [1.807, 2.05) is 18.2 Å². The third-order valence-corrected chi connectivity index (χ3v) is 5.07. The van der Waals surface area contributed by atoms with E-state index in [0.717, 1.165) is 18.6 Å². The van der Waals surface area contributed by atoms with E-state index in [9.17, 15) is 9.18 Å². The van der Waals surface area contributed by atoms with Gasteiger partial charge in [-0.1, -0.05) is 36.4 Å². The van der Waals surface area contributed by atoms with Crippen LogP contribution in [-0.2, 0) is 11.2 Å². The molecule has 1 amide bonds. The quantitative estimate of drug-likeness (QED) is 0.629. The van der Waals surface area contributed by atoms with Gasteiger partial charge < -0.3 is 14.1 Å². The second-order valence-corrected chi connectivity index (χ2v) is 7.25. The van der Waals surface area contributed by atoms with Gasteiger partial charge in [0, 0.05) is 25.6 Å². The van der Waals surface area contributed by atoms with Gasteiger partial charge >= 0.3 is 0 Å². The molecule has 5 nitrogen and oxygen atoms in total. The van der Waals surface area contributed by atoms with Crippen LogP contribution < -0.4 is 4.74 Å². The van der Waals surface area contributed by atoms with Crippen molar-refractivity contribution in [2.45, 2.75) is 25.2 Å². The van der Waals surface area contributed by atoms with Gasteiger partial charge in [-0.3, -0.25) is 4.79 Å². The molecule has 6 heteroatoms. The minimum Gasteiger partial charge on any atom is -0.484 e. The van der Waals surface area contributed by atoms with Gasteiger partial charge in [0.2, 0.25) is 0 Å². The van der Waals surface area contributed by atoms with Gasteiger partial charge in [-0.15, -0.1) is 0 Å². The molecule has 0 radical (unpaired) electrons. The van der Waals surface area contributed by atoms with Crippen molar-refractivity contribution < 1.29 is 18.3 Å². The van der Waals surface area contributed by atoms with E-state index in [-0.39, 0.29) is 24.2 Å². The fourth-order valence-electron chi connectivity index (χ4n) is 3.59. The Morgan fingerprint density at radius 2 is 2.07 bits per heavy atom. The standard InChI is InChI=1S/C23H23FN2O3/c24-19-9-4-10-20(13-19)28-16-22(27)26-11-5-8-18(15-26)23-25-14-21(29-23)12-17-6-2-1-3-7-17/h1-4,6-7,9-10,13-14,18H,5,8,11-12,15-16H2/t18-/m1/s1. The Morgan fingerprint density at radius 1 is 1.21 bits per heavy atom. The summed E-state index contributed by atoms with van der Waals surface area (Å²) in [5.74, 6) is 1.43. The molecule has 1 aliphatic heterocycles. The zero-order valence-corrected chi connectivity index (χ0v) is 16.1. The maximum Gasteiger partial charge on any atom is 0.260 e. The van der Waals surface area contributed by atoms with Crippen LogP contribution in [0.3, 0.4) is 0 Å². The molecule has 4 rings (SSSR count). The molecule has 3 aromatic rings. The van der Waals surface area contributed by atoms with Crippen molar-refractivity contribution in [1.82, 2.24) is 9.88 Å². The first kappa shape index (κ1) is 19.2. The van der Waals surface area contributed by atoms with Crippen molar-refractivity contribution in [3.05, 3.63) is 83.8 Å². The highest BCUT2D eigenvalue weighted by atomic mass is 19.1. The molecule has 1 aromatic heterocycles. The molecule has 1 atom stereocenters. The highest BCUT2D eigenvalue weighted by molar-refractivity contribution is 5.78. The number of rotatable bonds is 6. The second kappa shape index (κ2) is 8.90. The minimum absolute atomic E-state index is 0.0754. The van der Waals surface area contributed by atoms with Crippen molar-refractivity contribution in [3.8, 4) is 5.75 Å². The molecule has 2 aromatic carbocycles. The van der Waals surface area contributed by atoms with Gasteiger partial charge in [-0.25, -0.2) is 9.37 Å². The van der Waals surface area contributed by atoms with E-state index in [1.54, 1.807) is 23.2 Å². The van der Waals surface area contributed by atoms with E-state index in [2.05, 4.69) is 17.1 Å². The number of piperidine rings is 1. The summed E-state index contributed by atoms with van der Waals surface area (Å²) >= 11 is 0. The SMILES string of the molecule is O=C(COc1cccc(F)c1)N1CCC[C@@H](c2ncc(Cc3ccccc3)o2)C1. The lowest BCUT2D eigenvalue weighted by Crippen LogP contribution is -2.41. The van der Waals surface area contributed by atoms with Crippen LogP contribution in [-0.4, -0.2) is 35.5 Å². The molecule has 1 aliphatic rings. The summed E-state index contributed by atoms with van der Waals surface area (Å²) in [6, 6.07) is 15.9. The van der Waals surface area contributed by atoms with Crippen molar-refractivity contribution >= 4 is 5.91 Å². The number of benzene rings is 2. The predicted octanol–water partition coefficient (Wildman–Crippen LogP) is 4.19. The van der Waals surface area contributed by atoms with Crippen LogP contribution in [0.25, 0.3) is 0 Å². The monoisotopic (exact) mass is 394 g/mol. The highest BCUT2D eigenvalue weighted by Crippen LogP contribution is 2.27. The molecule has 0 aliphatic carbocycles. The Bertz CT molecular complexity index is 958. The summed E-state index contributed by atoms with van der Waals surface area (Å²) < 4.78 is 24.7. The average Bonchev–Trinajstić information content (AvgIpc) is 3.21. The first-order valence-electron chi connectivity index (χ1n) is 9.82. The molecule has 150 valence electrons. The molecular weight excluding hydrogens is 371 g/mol. The van der Waals surface area contributed by atoms with E-state index in [4.69, 9.17) is 9.15 Å². The molecule has 1 fully saturated rings. The fraction of sp³-hybridized carbons (Fsp3) is 0.304. The summed E-state index contributed by atoms with van der Waals surface area (Å²) in [6.45, 7) is 1.12. The predicted molar refractivity (Wildman–Crippen MR) is 106 cm³/mol. The van der Waals surface area contributed by atoms with Gasteiger partial charge in [-0.2, -0.15) is 0 Å². The van der Waals surface area contributed by atoms with Crippen LogP contribution in [0.4, 0.5) is 4.39 Å². The maximum absolute atomic E-state index is 13.2. The Morgan fingerprint density at radius 3 is 2.90 bits per heavy atom. The molecular formula is C23H23FN2O3. The molecule has 0 unspecified atom stereocenters. The topological polar surface area (TPSA) is 55.6 Å². The number of carbonyl (C=O) groups is 1. The molecule has 29 heavy (non-hydrogen) atoms. The first-order valence-corrected chi connectivity index (χ1v) is 9.82. The molecule has 0 bridgehead atoms. The number of halogens is 1. The van der Waals surface area contributed by atoms with Crippen LogP contribution in [0, 0.1) is 5.82 Å². The lowest BCUT2D eigenvalue weighted by molar-refractivity contribution is -0.134. The van der Waals surface area contributed by atoms with Crippen LogP contribution in [0.15, 0.2) is 65.2 Å². The largest absolute Gasteiger partial charge is 0.484 e. The number of hydrogen-bond acceptors (Lipinski definition) is 4. The zero-order valence-electron chi connectivity index (χ0n) is 16.1. The highest BCUT2D eigenvalue weighted by Gasteiger charge is 2.28. The van der Waals surface area contributed by atoms with E-state index in [1.165, 1.54) is 17.7 Å². The lowest BCUT2D eigenvalue weighted by atomic mass is 9.98. The van der Waals surface area contributed by atoms with Gasteiger partial charge in [0.15, 0.2) is 12.5 Å². The lowest BCUT2D eigenvalue weighted by Gasteiger charge is -2.31. The van der Waals surface area contributed by atoms with E-state index < -0.39 is 0 Å². The normalized spacial score (nSPS) is 16.6. The number of amides is 1. The zero-order chi connectivity index (χ0) is 20.1. The van der Waals surface area contributed by atoms with Crippen LogP contribution >= 0.6 is 0 Å². The van der Waals surface area contributed by atoms with Gasteiger partial charge in [0.25, 0.3) is 5.91 Å². The van der Waals surface area contributed by atoms with Crippen LogP contribution in [0.1, 0.15) is 36.0 Å². The van der Waals surface area contributed by atoms with E-state index in [0.29, 0.717) is 31.2 Å². The number of hydrogen-bond donors (Lipinski definition) is 0. The summed E-state index contributed by atoms with van der Waals surface area (Å²) in [6.07, 6.45) is 4.29. The average molecular weight is 394 g/mol. The van der Waals surface area contributed by atoms with Crippen molar-refractivity contribution in [1.29, 1.82) is 0 Å². The Hall–Kier alpha value is -3.15. The second-order valence-electron chi connectivity index (χ2n) is 7.25. The maximum atomic E-state index is 13.2. The molecule has 0 spiro atoms. The van der Waals surface area contributed by atoms with Crippen LogP contribution in [0.5, 0.6) is 5.75 Å². The summed E-state index contributed by atoms with van der Waals surface area (Å²) in [4.78, 5) is 18.8. The fourth-order valence-corrected chi connectivity index (χ4v) is 3.59. The Labute approximate surface area is 169 Å². The molecule has 2 heterocycles. The Balaban J connectivity index is 1.34. The number of oxazole rings is 1. The smallest absolute Gasteiger partial charge is 0.260 e. The third kappa shape index (κ3) is 5.02. The molecule has 0 N–H and O–H groups in total. The number of nitrogens with zero attached hydrogens (tertiary/aromatic N) is 2. The first-order chi connectivity index (χ1) is 14.2. The summed E-state index contributed by atoms with van der Waals surface area (Å²) in [5.41, 5.74) is 1.17. The van der Waals surface area contributed by atoms with Crippen LogP contribution in [0.2, 0.25) is 0 Å². The Kier molecular flexibility index (Phi) is 5.89. The third-order valence-electron chi connectivity index (χ3n) is 5.07. The van der Waals surface area contributed by atoms with Crippen molar-refractivity contribution in [2.75, 3.05) is 19.7 Å². The van der Waals surface area contributed by atoms with Gasteiger partial charge in [-0.05, 0) is 30.5 Å². The van der Waals surface area contributed by atoms with Gasteiger partial charge in [0.05, 0.1) is 12.1 Å². The number of carbonyl (C=O) groups excluding carboxylic acids is 1. The number of aromatic nitrogens is 1. The van der Waals surface area contributed by atoms with Gasteiger partial charge in [0.1, 0.15) is 17.3 Å².